The van der Waals surface area contributed by atoms with Crippen LogP contribution in [0.15, 0.2) is 30.5 Å². The van der Waals surface area contributed by atoms with E-state index in [4.69, 9.17) is 0 Å². The van der Waals surface area contributed by atoms with Crippen LogP contribution in [0.25, 0.3) is 10.9 Å². The first-order chi connectivity index (χ1) is 9.74. The Kier molecular flexibility index (Phi) is 2.42. The normalized spacial score (nSPS) is 24.5. The number of nitrogens with zero attached hydrogens (tertiary/aromatic N) is 3. The van der Waals surface area contributed by atoms with Gasteiger partial charge in [-0.15, -0.1) is 0 Å². The molecule has 1 aliphatic heterocycles. The fourth-order valence-electron chi connectivity index (χ4n) is 3.75. The molecule has 102 valence electrons. The molecule has 2 bridgehead atoms. The van der Waals surface area contributed by atoms with Crippen LogP contribution < -0.4 is 4.90 Å². The monoisotopic (exact) mass is 269 g/mol. The Morgan fingerprint density at radius 2 is 2.20 bits per heavy atom. The van der Waals surface area contributed by atoms with E-state index >= 15 is 0 Å². The number of benzene rings is 1. The summed E-state index contributed by atoms with van der Waals surface area (Å²) in [5.41, 5.74) is 1.95. The van der Waals surface area contributed by atoms with Crippen LogP contribution in [0, 0.1) is 16.0 Å². The fourth-order valence-corrected chi connectivity index (χ4v) is 3.75. The van der Waals surface area contributed by atoms with Gasteiger partial charge in [0.05, 0.1) is 16.0 Å². The lowest BCUT2D eigenvalue weighted by Gasteiger charge is -2.29. The molecule has 0 amide bonds. The highest BCUT2D eigenvalue weighted by Gasteiger charge is 2.38. The summed E-state index contributed by atoms with van der Waals surface area (Å²) in [5.74, 6) is 0.786. The van der Waals surface area contributed by atoms with Gasteiger partial charge in [0.15, 0.2) is 0 Å². The van der Waals surface area contributed by atoms with E-state index in [1.54, 1.807) is 24.4 Å². The third-order valence-corrected chi connectivity index (χ3v) is 4.64. The van der Waals surface area contributed by atoms with Gasteiger partial charge in [-0.2, -0.15) is 0 Å². The largest absolute Gasteiger partial charge is 0.366 e. The van der Waals surface area contributed by atoms with Gasteiger partial charge >= 0.3 is 0 Å². The average Bonchev–Trinajstić information content (AvgIpc) is 3.08. The highest BCUT2D eigenvalue weighted by atomic mass is 16.6. The van der Waals surface area contributed by atoms with E-state index in [1.165, 1.54) is 19.3 Å². The molecule has 2 fully saturated rings. The lowest BCUT2D eigenvalue weighted by Crippen LogP contribution is -2.32. The van der Waals surface area contributed by atoms with Crippen molar-refractivity contribution in [2.45, 2.75) is 25.3 Å². The van der Waals surface area contributed by atoms with Crippen LogP contribution in [-0.4, -0.2) is 22.5 Å². The smallest absolute Gasteiger partial charge is 0.278 e. The molecule has 0 radical (unpaired) electrons. The summed E-state index contributed by atoms with van der Waals surface area (Å²) in [6.45, 7) is 1.06. The first-order valence-electron chi connectivity index (χ1n) is 7.03. The minimum atomic E-state index is -0.329. The maximum Gasteiger partial charge on any atom is 0.278 e. The number of nitro groups is 1. The third kappa shape index (κ3) is 1.59. The summed E-state index contributed by atoms with van der Waals surface area (Å²) in [5, 5.41) is 11.8. The lowest BCUT2D eigenvalue weighted by atomic mass is 10.1. The van der Waals surface area contributed by atoms with Crippen molar-refractivity contribution in [2.24, 2.45) is 5.92 Å². The molecule has 1 saturated carbocycles. The molecule has 1 aromatic heterocycles. The number of anilines is 1. The van der Waals surface area contributed by atoms with Crippen LogP contribution in [0.2, 0.25) is 0 Å². The Hall–Kier alpha value is -2.17. The van der Waals surface area contributed by atoms with Crippen LogP contribution in [0.1, 0.15) is 19.3 Å². The van der Waals surface area contributed by atoms with Crippen molar-refractivity contribution in [3.8, 4) is 0 Å². The number of nitro benzene ring substituents is 1. The van der Waals surface area contributed by atoms with Gasteiger partial charge in [-0.05, 0) is 43.4 Å². The van der Waals surface area contributed by atoms with Crippen molar-refractivity contribution in [3.05, 3.63) is 40.6 Å². The van der Waals surface area contributed by atoms with Crippen molar-refractivity contribution in [3.63, 3.8) is 0 Å². The number of pyridine rings is 1. The van der Waals surface area contributed by atoms with Crippen LogP contribution >= 0.6 is 0 Å². The minimum absolute atomic E-state index is 0.140. The van der Waals surface area contributed by atoms with E-state index in [1.807, 2.05) is 6.07 Å². The van der Waals surface area contributed by atoms with Crippen molar-refractivity contribution in [1.29, 1.82) is 0 Å². The third-order valence-electron chi connectivity index (χ3n) is 4.64. The fraction of sp³-hybridized carbons (Fsp3) is 0.400. The number of fused-ring (bicyclic) bond motifs is 3. The van der Waals surface area contributed by atoms with Gasteiger partial charge in [0.2, 0.25) is 0 Å². The van der Waals surface area contributed by atoms with E-state index < -0.39 is 0 Å². The first kappa shape index (κ1) is 11.6. The summed E-state index contributed by atoms with van der Waals surface area (Å²) >= 11 is 0. The van der Waals surface area contributed by atoms with E-state index in [0.717, 1.165) is 23.7 Å². The molecule has 1 aliphatic carbocycles. The van der Waals surface area contributed by atoms with Crippen LogP contribution in [-0.2, 0) is 0 Å². The summed E-state index contributed by atoms with van der Waals surface area (Å²) in [6, 6.07) is 7.62. The van der Waals surface area contributed by atoms with Crippen molar-refractivity contribution < 1.29 is 4.92 Å². The van der Waals surface area contributed by atoms with Crippen LogP contribution in [0.3, 0.4) is 0 Å². The molecule has 2 aliphatic rings. The predicted molar refractivity (Wildman–Crippen MR) is 76.9 cm³/mol. The number of aromatic nitrogens is 1. The lowest BCUT2D eigenvalue weighted by molar-refractivity contribution is -0.383. The number of non-ortho nitro benzene ring substituents is 1. The Bertz CT molecular complexity index is 701. The van der Waals surface area contributed by atoms with Crippen molar-refractivity contribution in [1.82, 2.24) is 4.98 Å². The highest BCUT2D eigenvalue weighted by Crippen LogP contribution is 2.43. The van der Waals surface area contributed by atoms with E-state index in [9.17, 15) is 10.1 Å². The topological polar surface area (TPSA) is 59.3 Å². The average molecular weight is 269 g/mol. The molecule has 4 rings (SSSR count). The Morgan fingerprint density at radius 3 is 2.90 bits per heavy atom. The SMILES string of the molecule is O=[N+]([O-])c1ccc(N2CC3CCC2C3)c2ncccc12. The molecule has 2 atom stereocenters. The second-order valence-electron chi connectivity index (χ2n) is 5.75. The molecule has 20 heavy (non-hydrogen) atoms. The Labute approximate surface area is 116 Å². The van der Waals surface area contributed by atoms with Gasteiger partial charge in [0.1, 0.15) is 5.52 Å². The van der Waals surface area contributed by atoms with Gasteiger partial charge in [-0.1, -0.05) is 0 Å². The van der Waals surface area contributed by atoms with Crippen LogP contribution in [0.5, 0.6) is 0 Å². The maximum atomic E-state index is 11.1. The summed E-state index contributed by atoms with van der Waals surface area (Å²) in [6.07, 6.45) is 5.52. The Balaban J connectivity index is 1.89. The summed E-state index contributed by atoms with van der Waals surface area (Å²) < 4.78 is 0. The number of hydrogen-bond acceptors (Lipinski definition) is 4. The van der Waals surface area contributed by atoms with E-state index in [2.05, 4.69) is 9.88 Å². The van der Waals surface area contributed by atoms with Gasteiger partial charge in [0.25, 0.3) is 5.69 Å². The molecule has 2 heterocycles. The Morgan fingerprint density at radius 1 is 1.30 bits per heavy atom. The zero-order valence-electron chi connectivity index (χ0n) is 11.0. The summed E-state index contributed by atoms with van der Waals surface area (Å²) in [4.78, 5) is 17.6. The molecule has 2 unspecified atom stereocenters. The first-order valence-corrected chi connectivity index (χ1v) is 7.03. The number of hydrogen-bond donors (Lipinski definition) is 0. The quantitative estimate of drug-likeness (QED) is 0.620. The standard InChI is InChI=1S/C15H15N3O2/c19-18(20)13-5-6-14(15-12(13)2-1-7-16-15)17-9-10-3-4-11(17)8-10/h1-2,5-7,10-11H,3-4,8-9H2. The van der Waals surface area contributed by atoms with Gasteiger partial charge in [-0.25, -0.2) is 0 Å². The predicted octanol–water partition coefficient (Wildman–Crippen LogP) is 3.13. The summed E-state index contributed by atoms with van der Waals surface area (Å²) in [7, 11) is 0. The number of rotatable bonds is 2. The zero-order chi connectivity index (χ0) is 13.7. The van der Waals surface area contributed by atoms with Crippen molar-refractivity contribution >= 4 is 22.3 Å². The number of piperidine rings is 1. The van der Waals surface area contributed by atoms with Gasteiger partial charge in [0, 0.05) is 24.8 Å². The van der Waals surface area contributed by atoms with E-state index in [-0.39, 0.29) is 10.6 Å². The molecule has 0 spiro atoms. The zero-order valence-corrected chi connectivity index (χ0v) is 11.0. The molecule has 5 nitrogen and oxygen atoms in total. The minimum Gasteiger partial charge on any atom is -0.366 e. The van der Waals surface area contributed by atoms with Crippen LogP contribution in [0.4, 0.5) is 11.4 Å². The van der Waals surface area contributed by atoms with E-state index in [0.29, 0.717) is 11.4 Å². The van der Waals surface area contributed by atoms with Gasteiger partial charge < -0.3 is 4.90 Å². The van der Waals surface area contributed by atoms with Gasteiger partial charge in [-0.3, -0.25) is 15.1 Å². The molecule has 1 saturated heterocycles. The molecule has 0 N–H and O–H groups in total. The van der Waals surface area contributed by atoms with Crippen molar-refractivity contribution in [2.75, 3.05) is 11.4 Å². The highest BCUT2D eigenvalue weighted by molar-refractivity contribution is 5.97. The molecular formula is C15H15N3O2. The second-order valence-corrected chi connectivity index (χ2v) is 5.75. The molecule has 2 aromatic rings. The second kappa shape index (κ2) is 4.16. The molecular weight excluding hydrogens is 254 g/mol. The molecule has 1 aromatic carbocycles. The molecule has 5 heteroatoms. The maximum absolute atomic E-state index is 11.1.